The number of likely N-dealkylation sites (tertiary alicyclic amines) is 1. The molecule has 2 aliphatic heterocycles. The van der Waals surface area contributed by atoms with Crippen LogP contribution < -0.4 is 5.32 Å². The molecule has 2 aromatic heterocycles. The summed E-state index contributed by atoms with van der Waals surface area (Å²) in [6.45, 7) is 6.99. The lowest BCUT2D eigenvalue weighted by Crippen LogP contribution is -2.42. The van der Waals surface area contributed by atoms with E-state index in [1.165, 1.54) is 0 Å². The normalized spacial score (nSPS) is 21.8. The molecule has 0 aromatic carbocycles. The standard InChI is InChI=1S/C19H24N4O3/c1-3-16(24)23-7-6-19(11-23)12-25-10-15-13(2)21-18(22-17(15)19)20-9-14-5-4-8-26-14/h4-5,8H,3,6-7,9-12H2,1-2H3,(H,20,21,22)/t19-/m0/s1. The van der Waals surface area contributed by atoms with E-state index >= 15 is 0 Å². The molecule has 0 aliphatic carbocycles. The van der Waals surface area contributed by atoms with Crippen LogP contribution in [0.5, 0.6) is 0 Å². The summed E-state index contributed by atoms with van der Waals surface area (Å²) in [7, 11) is 0. The summed E-state index contributed by atoms with van der Waals surface area (Å²) in [5, 5.41) is 3.25. The molecule has 1 saturated heterocycles. The van der Waals surface area contributed by atoms with Crippen LogP contribution in [-0.2, 0) is 28.1 Å². The predicted molar refractivity (Wildman–Crippen MR) is 95.6 cm³/mol. The number of hydrogen-bond donors (Lipinski definition) is 1. The number of anilines is 1. The van der Waals surface area contributed by atoms with Crippen molar-refractivity contribution in [2.75, 3.05) is 25.0 Å². The average Bonchev–Trinajstić information content (AvgIpc) is 3.31. The van der Waals surface area contributed by atoms with Crippen LogP contribution in [0.3, 0.4) is 0 Å². The summed E-state index contributed by atoms with van der Waals surface area (Å²) < 4.78 is 11.2. The number of aromatic nitrogens is 2. The molecule has 0 bridgehead atoms. The van der Waals surface area contributed by atoms with Gasteiger partial charge >= 0.3 is 0 Å². The fraction of sp³-hybridized carbons (Fsp3) is 0.526. The molecule has 1 N–H and O–H groups in total. The highest BCUT2D eigenvalue weighted by atomic mass is 16.5. The molecule has 4 rings (SSSR count). The number of rotatable bonds is 4. The van der Waals surface area contributed by atoms with Gasteiger partial charge in [0, 0.05) is 30.8 Å². The Balaban J connectivity index is 1.63. The highest BCUT2D eigenvalue weighted by molar-refractivity contribution is 5.76. The van der Waals surface area contributed by atoms with Crippen LogP contribution >= 0.6 is 0 Å². The minimum Gasteiger partial charge on any atom is -0.467 e. The molecule has 7 nitrogen and oxygen atoms in total. The molecule has 26 heavy (non-hydrogen) atoms. The van der Waals surface area contributed by atoms with E-state index in [-0.39, 0.29) is 11.3 Å². The van der Waals surface area contributed by atoms with Gasteiger partial charge in [-0.3, -0.25) is 4.79 Å². The number of amides is 1. The third-order valence-electron chi connectivity index (χ3n) is 5.35. The summed E-state index contributed by atoms with van der Waals surface area (Å²) in [6, 6.07) is 3.78. The molecule has 1 fully saturated rings. The summed E-state index contributed by atoms with van der Waals surface area (Å²) >= 11 is 0. The fourth-order valence-corrected chi connectivity index (χ4v) is 3.90. The molecule has 0 unspecified atom stereocenters. The Hall–Kier alpha value is -2.41. The Morgan fingerprint density at radius 2 is 2.31 bits per heavy atom. The molecule has 4 heterocycles. The highest BCUT2D eigenvalue weighted by Gasteiger charge is 2.46. The third kappa shape index (κ3) is 2.96. The van der Waals surface area contributed by atoms with Gasteiger partial charge in [-0.15, -0.1) is 0 Å². The first-order chi connectivity index (χ1) is 12.6. The Kier molecular flexibility index (Phi) is 4.40. The van der Waals surface area contributed by atoms with Gasteiger partial charge in [-0.1, -0.05) is 6.92 Å². The second kappa shape index (κ2) is 6.72. The molecule has 1 spiro atoms. The maximum Gasteiger partial charge on any atom is 0.223 e. The fourth-order valence-electron chi connectivity index (χ4n) is 3.90. The molecular formula is C19H24N4O3. The van der Waals surface area contributed by atoms with Gasteiger partial charge in [0.25, 0.3) is 0 Å². The van der Waals surface area contributed by atoms with E-state index in [1.807, 2.05) is 30.9 Å². The lowest BCUT2D eigenvalue weighted by atomic mass is 9.80. The quantitative estimate of drug-likeness (QED) is 0.906. The first-order valence-electron chi connectivity index (χ1n) is 9.11. The molecule has 2 aromatic rings. The molecule has 1 amide bonds. The molecule has 7 heteroatoms. The van der Waals surface area contributed by atoms with Crippen LogP contribution in [0.4, 0.5) is 5.95 Å². The minimum atomic E-state index is -0.229. The van der Waals surface area contributed by atoms with Gasteiger partial charge in [0.15, 0.2) is 0 Å². The van der Waals surface area contributed by atoms with E-state index in [0.29, 0.717) is 38.7 Å². The van der Waals surface area contributed by atoms with E-state index in [1.54, 1.807) is 6.26 Å². The first-order valence-corrected chi connectivity index (χ1v) is 9.11. The van der Waals surface area contributed by atoms with Gasteiger partial charge in [0.1, 0.15) is 5.76 Å². The maximum absolute atomic E-state index is 12.1. The molecule has 0 radical (unpaired) electrons. The van der Waals surface area contributed by atoms with Crippen molar-refractivity contribution in [3.05, 3.63) is 41.1 Å². The number of furan rings is 1. The van der Waals surface area contributed by atoms with Gasteiger partial charge in [0.05, 0.1) is 37.1 Å². The smallest absolute Gasteiger partial charge is 0.223 e. The van der Waals surface area contributed by atoms with Gasteiger partial charge in [-0.2, -0.15) is 0 Å². The predicted octanol–water partition coefficient (Wildman–Crippen LogP) is 2.40. The number of ether oxygens (including phenoxy) is 1. The zero-order chi connectivity index (χ0) is 18.1. The lowest BCUT2D eigenvalue weighted by Gasteiger charge is -2.35. The van der Waals surface area contributed by atoms with Crippen molar-refractivity contribution in [1.29, 1.82) is 0 Å². The summed E-state index contributed by atoms with van der Waals surface area (Å²) in [6.07, 6.45) is 3.06. The summed E-state index contributed by atoms with van der Waals surface area (Å²) in [5.41, 5.74) is 2.79. The van der Waals surface area contributed by atoms with Gasteiger partial charge in [-0.05, 0) is 25.5 Å². The van der Waals surface area contributed by atoms with E-state index < -0.39 is 0 Å². The van der Waals surface area contributed by atoms with Crippen molar-refractivity contribution in [3.63, 3.8) is 0 Å². The molecule has 2 aliphatic rings. The Morgan fingerprint density at radius 1 is 1.42 bits per heavy atom. The van der Waals surface area contributed by atoms with E-state index in [2.05, 4.69) is 10.3 Å². The number of nitrogens with one attached hydrogen (secondary N) is 1. The number of carbonyl (C=O) groups is 1. The van der Waals surface area contributed by atoms with E-state index in [4.69, 9.17) is 14.1 Å². The number of aryl methyl sites for hydroxylation is 1. The molecule has 1 atom stereocenters. The van der Waals surface area contributed by atoms with Crippen molar-refractivity contribution in [2.45, 2.75) is 45.3 Å². The van der Waals surface area contributed by atoms with Crippen LogP contribution in [-0.4, -0.2) is 40.5 Å². The van der Waals surface area contributed by atoms with Crippen molar-refractivity contribution >= 4 is 11.9 Å². The summed E-state index contributed by atoms with van der Waals surface area (Å²) in [5.74, 6) is 1.62. The highest BCUT2D eigenvalue weighted by Crippen LogP contribution is 2.40. The molecular weight excluding hydrogens is 332 g/mol. The van der Waals surface area contributed by atoms with Gasteiger partial charge in [-0.25, -0.2) is 9.97 Å². The van der Waals surface area contributed by atoms with E-state index in [0.717, 1.165) is 35.7 Å². The topological polar surface area (TPSA) is 80.5 Å². The van der Waals surface area contributed by atoms with Crippen molar-refractivity contribution in [1.82, 2.24) is 14.9 Å². The second-order valence-corrected chi connectivity index (χ2v) is 7.08. The number of carbonyl (C=O) groups excluding carboxylic acids is 1. The van der Waals surface area contributed by atoms with Gasteiger partial charge < -0.3 is 19.4 Å². The average molecular weight is 356 g/mol. The second-order valence-electron chi connectivity index (χ2n) is 7.08. The van der Waals surface area contributed by atoms with Crippen molar-refractivity contribution in [3.8, 4) is 0 Å². The number of hydrogen-bond acceptors (Lipinski definition) is 6. The monoisotopic (exact) mass is 356 g/mol. The zero-order valence-corrected chi connectivity index (χ0v) is 15.2. The van der Waals surface area contributed by atoms with Crippen molar-refractivity contribution < 1.29 is 13.9 Å². The van der Waals surface area contributed by atoms with E-state index in [9.17, 15) is 4.79 Å². The Morgan fingerprint density at radius 3 is 3.08 bits per heavy atom. The maximum atomic E-state index is 12.1. The van der Waals surface area contributed by atoms with Crippen LogP contribution in [0.1, 0.15) is 42.5 Å². The van der Waals surface area contributed by atoms with Crippen molar-refractivity contribution in [2.24, 2.45) is 0 Å². The molecule has 0 saturated carbocycles. The van der Waals surface area contributed by atoms with Crippen LogP contribution in [0.15, 0.2) is 22.8 Å². The number of nitrogens with zero attached hydrogens (tertiary/aromatic N) is 3. The zero-order valence-electron chi connectivity index (χ0n) is 15.2. The largest absolute Gasteiger partial charge is 0.467 e. The van der Waals surface area contributed by atoms with Crippen LogP contribution in [0.2, 0.25) is 0 Å². The minimum absolute atomic E-state index is 0.191. The Labute approximate surface area is 152 Å². The first kappa shape index (κ1) is 17.0. The lowest BCUT2D eigenvalue weighted by molar-refractivity contribution is -0.130. The number of fused-ring (bicyclic) bond motifs is 2. The van der Waals surface area contributed by atoms with Crippen LogP contribution in [0, 0.1) is 6.92 Å². The Bertz CT molecular complexity index is 805. The van der Waals surface area contributed by atoms with Crippen LogP contribution in [0.25, 0.3) is 0 Å². The summed E-state index contributed by atoms with van der Waals surface area (Å²) in [4.78, 5) is 23.5. The van der Waals surface area contributed by atoms with Gasteiger partial charge in [0.2, 0.25) is 11.9 Å². The SMILES string of the molecule is CCC(=O)N1CC[C@@]2(COCc3c(C)nc(NCc4ccco4)nc32)C1. The molecule has 138 valence electrons. The third-order valence-corrected chi connectivity index (χ3v) is 5.35.